The molecular weight excluding hydrogens is 436 g/mol. The Hall–Kier alpha value is -3.27. The van der Waals surface area contributed by atoms with Crippen molar-refractivity contribution in [1.29, 1.82) is 0 Å². The van der Waals surface area contributed by atoms with E-state index >= 15 is 0 Å². The molecule has 0 amide bonds. The van der Waals surface area contributed by atoms with Gasteiger partial charge in [-0.15, -0.1) is 5.10 Å². The molecule has 1 aliphatic rings. The van der Waals surface area contributed by atoms with Gasteiger partial charge in [-0.25, -0.2) is 4.68 Å². The van der Waals surface area contributed by atoms with E-state index in [0.29, 0.717) is 49.7 Å². The number of carbonyl (C=O) groups excluding carboxylic acids is 1. The Labute approximate surface area is 198 Å². The number of nitrogens with one attached hydrogen (secondary N) is 1. The van der Waals surface area contributed by atoms with Crippen LogP contribution in [-0.4, -0.2) is 62.9 Å². The predicted octanol–water partition coefficient (Wildman–Crippen LogP) is 2.64. The van der Waals surface area contributed by atoms with Gasteiger partial charge in [-0.1, -0.05) is 0 Å². The standard InChI is InChI=1S/C24H32N6O4/c1-6-34-23(32)15-9-11-29(12-10-15)20(21-26-27-28-30(21)24(2,3)4)18-14-16-13-17(33-5)7-8-19(16)25-22(18)31/h7-8,13-15,20H,6,9-12H2,1-5H3,(H,25,31)/t20-/m0/s1. The average Bonchev–Trinajstić information content (AvgIpc) is 3.30. The summed E-state index contributed by atoms with van der Waals surface area (Å²) >= 11 is 0. The number of nitrogens with zero attached hydrogens (tertiary/aromatic N) is 5. The maximum atomic E-state index is 13.3. The first-order valence-corrected chi connectivity index (χ1v) is 11.6. The number of rotatable bonds is 6. The number of likely N-dealkylation sites (tertiary alicyclic amines) is 1. The Kier molecular flexibility index (Phi) is 6.70. The Morgan fingerprint density at radius 2 is 1.97 bits per heavy atom. The number of benzene rings is 1. The maximum absolute atomic E-state index is 13.3. The number of ether oxygens (including phenoxy) is 2. The van der Waals surface area contributed by atoms with Crippen LogP contribution in [0.5, 0.6) is 5.75 Å². The minimum Gasteiger partial charge on any atom is -0.497 e. The van der Waals surface area contributed by atoms with Crippen LogP contribution in [0.2, 0.25) is 0 Å². The molecule has 1 N–H and O–H groups in total. The summed E-state index contributed by atoms with van der Waals surface area (Å²) in [5, 5.41) is 13.4. The molecule has 1 saturated heterocycles. The molecule has 1 fully saturated rings. The van der Waals surface area contributed by atoms with Crippen molar-refractivity contribution in [3.63, 3.8) is 0 Å². The van der Waals surface area contributed by atoms with Gasteiger partial charge in [0.15, 0.2) is 5.82 Å². The van der Waals surface area contributed by atoms with Crippen molar-refractivity contribution in [3.8, 4) is 5.75 Å². The van der Waals surface area contributed by atoms with Crippen molar-refractivity contribution in [2.75, 3.05) is 26.8 Å². The first-order valence-electron chi connectivity index (χ1n) is 11.6. The fourth-order valence-corrected chi connectivity index (χ4v) is 4.53. The number of H-pyrrole nitrogens is 1. The van der Waals surface area contributed by atoms with Crippen LogP contribution in [0, 0.1) is 5.92 Å². The lowest BCUT2D eigenvalue weighted by Gasteiger charge is -2.37. The molecule has 182 valence electrons. The van der Waals surface area contributed by atoms with Gasteiger partial charge in [-0.2, -0.15) is 0 Å². The predicted molar refractivity (Wildman–Crippen MR) is 127 cm³/mol. The van der Waals surface area contributed by atoms with Crippen molar-refractivity contribution in [1.82, 2.24) is 30.1 Å². The second-order valence-corrected chi connectivity index (χ2v) is 9.59. The molecule has 1 aliphatic heterocycles. The Bertz CT molecular complexity index is 1220. The van der Waals surface area contributed by atoms with E-state index in [4.69, 9.17) is 9.47 Å². The summed E-state index contributed by atoms with van der Waals surface area (Å²) in [6.45, 7) is 9.47. The molecule has 2 aromatic heterocycles. The highest BCUT2D eigenvalue weighted by Crippen LogP contribution is 2.33. The fourth-order valence-electron chi connectivity index (χ4n) is 4.53. The van der Waals surface area contributed by atoms with Gasteiger partial charge in [-0.3, -0.25) is 14.5 Å². The zero-order valence-electron chi connectivity index (χ0n) is 20.4. The van der Waals surface area contributed by atoms with Crippen LogP contribution in [0.1, 0.15) is 58.0 Å². The van der Waals surface area contributed by atoms with E-state index in [1.807, 2.05) is 52.0 Å². The number of aromatic nitrogens is 5. The van der Waals surface area contributed by atoms with Gasteiger partial charge in [0.05, 0.1) is 25.2 Å². The molecule has 3 aromatic rings. The molecule has 0 aliphatic carbocycles. The van der Waals surface area contributed by atoms with Crippen LogP contribution in [0.4, 0.5) is 0 Å². The van der Waals surface area contributed by atoms with Crippen molar-refractivity contribution in [2.24, 2.45) is 5.92 Å². The molecule has 0 radical (unpaired) electrons. The summed E-state index contributed by atoms with van der Waals surface area (Å²) in [5.74, 6) is 0.995. The van der Waals surface area contributed by atoms with Crippen molar-refractivity contribution >= 4 is 16.9 Å². The molecule has 3 heterocycles. The molecule has 0 saturated carbocycles. The molecule has 10 heteroatoms. The number of piperidine rings is 1. The lowest BCUT2D eigenvalue weighted by atomic mass is 9.93. The maximum Gasteiger partial charge on any atom is 0.309 e. The number of hydrogen-bond donors (Lipinski definition) is 1. The SMILES string of the molecule is CCOC(=O)C1CCN([C@@H](c2cc3cc(OC)ccc3[nH]c2=O)c2nnnn2C(C)(C)C)CC1. The topological polar surface area (TPSA) is 115 Å². The van der Waals surface area contributed by atoms with E-state index in [-0.39, 0.29) is 23.0 Å². The lowest BCUT2D eigenvalue weighted by molar-refractivity contribution is -0.149. The summed E-state index contributed by atoms with van der Waals surface area (Å²) in [4.78, 5) is 30.8. The highest BCUT2D eigenvalue weighted by molar-refractivity contribution is 5.80. The molecule has 0 unspecified atom stereocenters. The van der Waals surface area contributed by atoms with E-state index in [1.54, 1.807) is 11.8 Å². The van der Waals surface area contributed by atoms with Crippen molar-refractivity contribution in [3.05, 3.63) is 46.0 Å². The second-order valence-electron chi connectivity index (χ2n) is 9.59. The van der Waals surface area contributed by atoms with Gasteiger partial charge in [0.25, 0.3) is 5.56 Å². The Morgan fingerprint density at radius 1 is 1.24 bits per heavy atom. The number of esters is 1. The molecule has 10 nitrogen and oxygen atoms in total. The monoisotopic (exact) mass is 468 g/mol. The largest absolute Gasteiger partial charge is 0.497 e. The quantitative estimate of drug-likeness (QED) is 0.549. The number of tetrazole rings is 1. The molecule has 0 bridgehead atoms. The first-order chi connectivity index (χ1) is 16.2. The van der Waals surface area contributed by atoms with Gasteiger partial charge < -0.3 is 14.5 Å². The average molecular weight is 469 g/mol. The Balaban J connectivity index is 1.79. The third-order valence-electron chi connectivity index (χ3n) is 6.26. The van der Waals surface area contributed by atoms with E-state index in [1.165, 1.54) is 0 Å². The normalized spacial score (nSPS) is 16.5. The van der Waals surface area contributed by atoms with Crippen LogP contribution in [0.3, 0.4) is 0 Å². The van der Waals surface area contributed by atoms with Crippen molar-refractivity contribution in [2.45, 2.75) is 52.1 Å². The number of methoxy groups -OCH3 is 1. The number of hydrogen-bond acceptors (Lipinski definition) is 8. The fraction of sp³-hybridized carbons (Fsp3) is 0.542. The molecule has 4 rings (SSSR count). The molecule has 34 heavy (non-hydrogen) atoms. The number of aromatic amines is 1. The second kappa shape index (κ2) is 9.54. The molecule has 1 atom stereocenters. The summed E-state index contributed by atoms with van der Waals surface area (Å²) in [7, 11) is 1.61. The third kappa shape index (κ3) is 4.68. The van der Waals surface area contributed by atoms with Gasteiger partial charge in [-0.05, 0) is 75.2 Å². The highest BCUT2D eigenvalue weighted by Gasteiger charge is 2.36. The summed E-state index contributed by atoms with van der Waals surface area (Å²) in [6, 6.07) is 6.96. The third-order valence-corrected chi connectivity index (χ3v) is 6.26. The van der Waals surface area contributed by atoms with Gasteiger partial charge in [0.2, 0.25) is 0 Å². The van der Waals surface area contributed by atoms with Crippen molar-refractivity contribution < 1.29 is 14.3 Å². The smallest absolute Gasteiger partial charge is 0.309 e. The lowest BCUT2D eigenvalue weighted by Crippen LogP contribution is -2.43. The van der Waals surface area contributed by atoms with Gasteiger partial charge >= 0.3 is 5.97 Å². The van der Waals surface area contributed by atoms with E-state index in [2.05, 4.69) is 25.4 Å². The molecule has 1 aromatic carbocycles. The molecule has 0 spiro atoms. The van der Waals surface area contributed by atoms with E-state index in [9.17, 15) is 9.59 Å². The van der Waals surface area contributed by atoms with Crippen LogP contribution >= 0.6 is 0 Å². The Morgan fingerprint density at radius 3 is 2.62 bits per heavy atom. The minimum atomic E-state index is -0.475. The van der Waals surface area contributed by atoms with Crippen LogP contribution in [0.25, 0.3) is 10.9 Å². The summed E-state index contributed by atoms with van der Waals surface area (Å²) in [6.07, 6.45) is 1.29. The highest BCUT2D eigenvalue weighted by atomic mass is 16.5. The first kappa shape index (κ1) is 23.9. The van der Waals surface area contributed by atoms with E-state index < -0.39 is 6.04 Å². The zero-order valence-corrected chi connectivity index (χ0v) is 20.4. The van der Waals surface area contributed by atoms with Crippen LogP contribution in [-0.2, 0) is 15.1 Å². The van der Waals surface area contributed by atoms with E-state index in [0.717, 1.165) is 10.9 Å². The zero-order chi connectivity index (χ0) is 24.5. The van der Waals surface area contributed by atoms with Crippen LogP contribution < -0.4 is 10.3 Å². The molecular formula is C24H32N6O4. The number of carbonyl (C=O) groups is 1. The van der Waals surface area contributed by atoms with Gasteiger partial charge in [0, 0.05) is 29.6 Å². The van der Waals surface area contributed by atoms with Gasteiger partial charge in [0.1, 0.15) is 11.8 Å². The number of pyridine rings is 1. The summed E-state index contributed by atoms with van der Waals surface area (Å²) in [5.41, 5.74) is 0.701. The van der Waals surface area contributed by atoms with Crippen LogP contribution in [0.15, 0.2) is 29.1 Å². The minimum absolute atomic E-state index is 0.144. The number of fused-ring (bicyclic) bond motifs is 1. The summed E-state index contributed by atoms with van der Waals surface area (Å²) < 4.78 is 12.4.